The van der Waals surface area contributed by atoms with Crippen LogP contribution in [0.2, 0.25) is 0 Å². The lowest BCUT2D eigenvalue weighted by Gasteiger charge is -2.37. The largest absolute Gasteiger partial charge is 0.341 e. The summed E-state index contributed by atoms with van der Waals surface area (Å²) in [7, 11) is 0. The fourth-order valence-corrected chi connectivity index (χ4v) is 3.80. The maximum absolute atomic E-state index is 12.6. The van der Waals surface area contributed by atoms with E-state index in [9.17, 15) is 9.59 Å². The summed E-state index contributed by atoms with van der Waals surface area (Å²) in [4.78, 5) is 30.9. The predicted molar refractivity (Wildman–Crippen MR) is 96.6 cm³/mol. The van der Waals surface area contributed by atoms with Crippen LogP contribution in [0, 0.1) is 23.2 Å². The zero-order chi connectivity index (χ0) is 18.2. The van der Waals surface area contributed by atoms with Gasteiger partial charge in [-0.05, 0) is 26.7 Å². The number of carbonyl (C=O) groups excluding carboxylic acids is 2. The van der Waals surface area contributed by atoms with Crippen molar-refractivity contribution in [1.82, 2.24) is 14.7 Å². The highest BCUT2D eigenvalue weighted by molar-refractivity contribution is 5.79. The van der Waals surface area contributed by atoms with Crippen LogP contribution >= 0.6 is 0 Å². The number of nitrogens with zero attached hydrogens (tertiary/aromatic N) is 4. The van der Waals surface area contributed by atoms with Gasteiger partial charge in [-0.1, -0.05) is 19.3 Å². The zero-order valence-corrected chi connectivity index (χ0v) is 15.7. The third kappa shape index (κ3) is 5.71. The van der Waals surface area contributed by atoms with E-state index in [1.165, 1.54) is 19.3 Å². The van der Waals surface area contributed by atoms with Gasteiger partial charge in [0.15, 0.2) is 0 Å². The van der Waals surface area contributed by atoms with E-state index in [2.05, 4.69) is 11.0 Å². The normalized spacial score (nSPS) is 20.8. The van der Waals surface area contributed by atoms with Crippen molar-refractivity contribution in [2.75, 3.05) is 45.8 Å². The Morgan fingerprint density at radius 3 is 2.36 bits per heavy atom. The van der Waals surface area contributed by atoms with Gasteiger partial charge in [0, 0.05) is 45.2 Å². The van der Waals surface area contributed by atoms with E-state index in [0.29, 0.717) is 25.5 Å². The second-order valence-corrected chi connectivity index (χ2v) is 7.40. The highest BCUT2D eigenvalue weighted by Gasteiger charge is 2.29. The van der Waals surface area contributed by atoms with E-state index in [-0.39, 0.29) is 17.7 Å². The molecule has 6 heteroatoms. The Balaban J connectivity index is 1.76. The Morgan fingerprint density at radius 1 is 1.16 bits per heavy atom. The van der Waals surface area contributed by atoms with Crippen molar-refractivity contribution < 1.29 is 9.59 Å². The van der Waals surface area contributed by atoms with Crippen molar-refractivity contribution >= 4 is 11.8 Å². The Labute approximate surface area is 151 Å². The Hall–Kier alpha value is -1.61. The minimum absolute atomic E-state index is 0.0802. The number of likely N-dealkylation sites (N-methyl/N-ethyl adjacent to an activating group) is 1. The van der Waals surface area contributed by atoms with Crippen molar-refractivity contribution in [3.05, 3.63) is 0 Å². The van der Waals surface area contributed by atoms with Crippen LogP contribution in [0.4, 0.5) is 0 Å². The first kappa shape index (κ1) is 19.7. The molecule has 0 aromatic heterocycles. The average Bonchev–Trinajstić information content (AvgIpc) is 2.66. The van der Waals surface area contributed by atoms with E-state index < -0.39 is 0 Å². The molecule has 25 heavy (non-hydrogen) atoms. The molecule has 0 aromatic carbocycles. The molecule has 1 aliphatic carbocycles. The van der Waals surface area contributed by atoms with Crippen LogP contribution in [-0.2, 0) is 9.59 Å². The molecule has 6 nitrogen and oxygen atoms in total. The first-order valence-corrected chi connectivity index (χ1v) is 9.73. The molecule has 1 heterocycles. The van der Waals surface area contributed by atoms with Gasteiger partial charge in [0.1, 0.15) is 0 Å². The van der Waals surface area contributed by atoms with Gasteiger partial charge in [-0.25, -0.2) is 0 Å². The number of rotatable bonds is 6. The Morgan fingerprint density at radius 2 is 1.80 bits per heavy atom. The second kappa shape index (κ2) is 9.76. The van der Waals surface area contributed by atoms with E-state index >= 15 is 0 Å². The van der Waals surface area contributed by atoms with E-state index in [1.807, 2.05) is 18.7 Å². The van der Waals surface area contributed by atoms with Crippen molar-refractivity contribution in [3.8, 4) is 6.07 Å². The molecular weight excluding hydrogens is 316 g/mol. The summed E-state index contributed by atoms with van der Waals surface area (Å²) in [5, 5.41) is 8.94. The summed E-state index contributed by atoms with van der Waals surface area (Å²) in [6.07, 6.45) is 5.70. The number of amides is 2. The summed E-state index contributed by atoms with van der Waals surface area (Å²) in [6, 6.07) is 2.19. The van der Waals surface area contributed by atoms with Gasteiger partial charge in [-0.2, -0.15) is 5.26 Å². The molecule has 2 fully saturated rings. The van der Waals surface area contributed by atoms with E-state index in [1.54, 1.807) is 4.90 Å². The molecule has 1 atom stereocenters. The lowest BCUT2D eigenvalue weighted by atomic mass is 9.88. The lowest BCUT2D eigenvalue weighted by Crippen LogP contribution is -2.53. The standard InChI is InChI=1S/C19H32N4O2/c1-3-22(14-16(2)13-20)18(24)15-21-9-11-23(12-10-21)19(25)17-7-5-4-6-8-17/h16-17H,3-12,14-15H2,1-2H3. The molecule has 1 saturated carbocycles. The molecule has 2 amide bonds. The fraction of sp³-hybridized carbons (Fsp3) is 0.842. The van der Waals surface area contributed by atoms with Gasteiger partial charge in [0.25, 0.3) is 0 Å². The molecule has 2 aliphatic rings. The quantitative estimate of drug-likeness (QED) is 0.733. The molecule has 1 saturated heterocycles. The molecule has 1 unspecified atom stereocenters. The molecule has 0 N–H and O–H groups in total. The summed E-state index contributed by atoms with van der Waals surface area (Å²) < 4.78 is 0. The van der Waals surface area contributed by atoms with E-state index in [4.69, 9.17) is 5.26 Å². The number of carbonyl (C=O) groups is 2. The van der Waals surface area contributed by atoms with Crippen LogP contribution in [0.1, 0.15) is 46.0 Å². The van der Waals surface area contributed by atoms with Gasteiger partial charge in [0.2, 0.25) is 11.8 Å². The molecule has 1 aliphatic heterocycles. The van der Waals surface area contributed by atoms with Crippen molar-refractivity contribution in [2.24, 2.45) is 11.8 Å². The van der Waals surface area contributed by atoms with Crippen molar-refractivity contribution in [1.29, 1.82) is 5.26 Å². The second-order valence-electron chi connectivity index (χ2n) is 7.40. The number of hydrogen-bond acceptors (Lipinski definition) is 4. The van der Waals surface area contributed by atoms with Crippen LogP contribution in [0.15, 0.2) is 0 Å². The first-order chi connectivity index (χ1) is 12.0. The molecule has 2 rings (SSSR count). The van der Waals surface area contributed by atoms with Crippen LogP contribution in [0.5, 0.6) is 0 Å². The predicted octanol–water partition coefficient (Wildman–Crippen LogP) is 1.72. The first-order valence-electron chi connectivity index (χ1n) is 9.73. The van der Waals surface area contributed by atoms with Crippen molar-refractivity contribution in [3.63, 3.8) is 0 Å². The number of nitriles is 1. The average molecular weight is 348 g/mol. The molecule has 140 valence electrons. The van der Waals surface area contributed by atoms with Gasteiger partial charge in [-0.3, -0.25) is 14.5 Å². The third-order valence-electron chi connectivity index (χ3n) is 5.45. The highest BCUT2D eigenvalue weighted by atomic mass is 16.2. The van der Waals surface area contributed by atoms with Crippen LogP contribution < -0.4 is 0 Å². The lowest BCUT2D eigenvalue weighted by molar-refractivity contribution is -0.139. The summed E-state index contributed by atoms with van der Waals surface area (Å²) in [5.41, 5.74) is 0. The van der Waals surface area contributed by atoms with Gasteiger partial charge >= 0.3 is 0 Å². The Kier molecular flexibility index (Phi) is 7.70. The van der Waals surface area contributed by atoms with Gasteiger partial charge < -0.3 is 9.80 Å². The summed E-state index contributed by atoms with van der Waals surface area (Å²) in [5.74, 6) is 0.485. The smallest absolute Gasteiger partial charge is 0.236 e. The number of hydrogen-bond donors (Lipinski definition) is 0. The molecule has 0 bridgehead atoms. The van der Waals surface area contributed by atoms with Gasteiger partial charge in [0.05, 0.1) is 18.5 Å². The molecule has 0 radical (unpaired) electrons. The summed E-state index contributed by atoms with van der Waals surface area (Å²) in [6.45, 7) is 8.26. The molecular formula is C19H32N4O2. The van der Waals surface area contributed by atoms with Gasteiger partial charge in [-0.15, -0.1) is 0 Å². The van der Waals surface area contributed by atoms with Crippen LogP contribution in [0.3, 0.4) is 0 Å². The minimum atomic E-state index is -0.145. The Bertz CT molecular complexity index is 488. The maximum Gasteiger partial charge on any atom is 0.236 e. The summed E-state index contributed by atoms with van der Waals surface area (Å²) >= 11 is 0. The fourth-order valence-electron chi connectivity index (χ4n) is 3.80. The maximum atomic E-state index is 12.6. The topological polar surface area (TPSA) is 67.7 Å². The monoisotopic (exact) mass is 348 g/mol. The molecule has 0 spiro atoms. The zero-order valence-electron chi connectivity index (χ0n) is 15.7. The van der Waals surface area contributed by atoms with E-state index in [0.717, 1.165) is 39.0 Å². The number of piperazine rings is 1. The molecule has 0 aromatic rings. The highest BCUT2D eigenvalue weighted by Crippen LogP contribution is 2.25. The van der Waals surface area contributed by atoms with Crippen molar-refractivity contribution in [2.45, 2.75) is 46.0 Å². The third-order valence-corrected chi connectivity index (χ3v) is 5.45. The minimum Gasteiger partial charge on any atom is -0.341 e. The van der Waals surface area contributed by atoms with Crippen LogP contribution in [0.25, 0.3) is 0 Å². The SMILES string of the molecule is CCN(CC(C)C#N)C(=O)CN1CCN(C(=O)C2CCCCC2)CC1. The van der Waals surface area contributed by atoms with Crippen LogP contribution in [-0.4, -0.2) is 72.3 Å².